The fourth-order valence-corrected chi connectivity index (χ4v) is 5.05. The van der Waals surface area contributed by atoms with Crippen LogP contribution < -0.4 is 19.5 Å². The molecule has 1 fully saturated rings. The highest BCUT2D eigenvalue weighted by Gasteiger charge is 2.51. The van der Waals surface area contributed by atoms with Crippen molar-refractivity contribution in [3.05, 3.63) is 53.2 Å². The summed E-state index contributed by atoms with van der Waals surface area (Å²) in [5.41, 5.74) is 3.94. The molecule has 3 N–H and O–H groups in total. The number of fused-ring (bicyclic) bond motifs is 2. The first kappa shape index (κ1) is 23.7. The van der Waals surface area contributed by atoms with Crippen LogP contribution in [0, 0.1) is 0 Å². The van der Waals surface area contributed by atoms with Crippen molar-refractivity contribution in [1.29, 1.82) is 0 Å². The first-order valence-corrected chi connectivity index (χ1v) is 13.7. The minimum atomic E-state index is -3.29. The molecule has 3 aromatic rings. The molecule has 1 aromatic heterocycles. The first-order valence-electron chi connectivity index (χ1n) is 11.8. The van der Waals surface area contributed by atoms with Gasteiger partial charge in [0, 0.05) is 34.2 Å². The molecule has 0 bridgehead atoms. The number of amides is 1. The van der Waals surface area contributed by atoms with Crippen LogP contribution in [-0.4, -0.2) is 38.9 Å². The van der Waals surface area contributed by atoms with E-state index in [1.54, 1.807) is 0 Å². The minimum absolute atomic E-state index is 0.0532. The molecular formula is C26H31N3O5S. The molecule has 0 saturated heterocycles. The van der Waals surface area contributed by atoms with Crippen LogP contribution in [-0.2, 0) is 32.1 Å². The molecule has 2 aliphatic rings. The van der Waals surface area contributed by atoms with Gasteiger partial charge in [0.2, 0.25) is 22.7 Å². The van der Waals surface area contributed by atoms with Crippen LogP contribution in [0.5, 0.6) is 11.5 Å². The van der Waals surface area contributed by atoms with E-state index in [1.807, 2.05) is 30.3 Å². The summed E-state index contributed by atoms with van der Waals surface area (Å²) in [7, 11) is -3.29. The molecule has 1 saturated carbocycles. The molecule has 2 heterocycles. The highest BCUT2D eigenvalue weighted by Crippen LogP contribution is 2.51. The van der Waals surface area contributed by atoms with Gasteiger partial charge in [-0.05, 0) is 60.7 Å². The van der Waals surface area contributed by atoms with Crippen LogP contribution in [0.2, 0.25) is 0 Å². The molecule has 1 aliphatic carbocycles. The summed E-state index contributed by atoms with van der Waals surface area (Å²) in [4.78, 5) is 17.0. The summed E-state index contributed by atoms with van der Waals surface area (Å²) in [5.74, 6) is 1.32. The van der Waals surface area contributed by atoms with Gasteiger partial charge in [-0.1, -0.05) is 26.8 Å². The van der Waals surface area contributed by atoms with Gasteiger partial charge in [-0.25, -0.2) is 13.1 Å². The Kier molecular flexibility index (Phi) is 5.60. The van der Waals surface area contributed by atoms with E-state index in [0.29, 0.717) is 23.6 Å². The lowest BCUT2D eigenvalue weighted by molar-refractivity contribution is -0.118. The maximum atomic E-state index is 13.5. The number of benzene rings is 2. The van der Waals surface area contributed by atoms with E-state index in [0.717, 1.165) is 46.8 Å². The Morgan fingerprint density at radius 3 is 2.51 bits per heavy atom. The number of sulfonamides is 1. The summed E-state index contributed by atoms with van der Waals surface area (Å²) in [5, 5.41) is 4.12. The van der Waals surface area contributed by atoms with Crippen molar-refractivity contribution < 1.29 is 22.7 Å². The van der Waals surface area contributed by atoms with Crippen molar-refractivity contribution in [3.8, 4) is 11.5 Å². The average molecular weight is 498 g/mol. The van der Waals surface area contributed by atoms with E-state index in [2.05, 4.69) is 41.9 Å². The Balaban J connectivity index is 1.44. The average Bonchev–Trinajstić information content (AvgIpc) is 3.23. The topological polar surface area (TPSA) is 110 Å². The number of aromatic amines is 1. The van der Waals surface area contributed by atoms with E-state index in [9.17, 15) is 13.2 Å². The molecule has 0 unspecified atom stereocenters. The summed E-state index contributed by atoms with van der Waals surface area (Å²) < 4.78 is 36.6. The fraction of sp³-hybridized carbons (Fsp3) is 0.423. The van der Waals surface area contributed by atoms with Gasteiger partial charge < -0.3 is 19.8 Å². The van der Waals surface area contributed by atoms with Crippen molar-refractivity contribution in [2.75, 3.05) is 24.9 Å². The number of ether oxygens (including phenoxy) is 2. The largest absolute Gasteiger partial charge is 0.454 e. The second kappa shape index (κ2) is 8.27. The molecule has 1 amide bonds. The fourth-order valence-electron chi connectivity index (χ4n) is 4.58. The Morgan fingerprint density at radius 2 is 1.83 bits per heavy atom. The number of hydrogen-bond acceptors (Lipinski definition) is 5. The van der Waals surface area contributed by atoms with E-state index in [1.165, 1.54) is 0 Å². The Labute approximate surface area is 205 Å². The van der Waals surface area contributed by atoms with E-state index in [-0.39, 0.29) is 24.7 Å². The van der Waals surface area contributed by atoms with E-state index < -0.39 is 15.4 Å². The predicted molar refractivity (Wildman–Crippen MR) is 136 cm³/mol. The lowest BCUT2D eigenvalue weighted by atomic mass is 9.92. The lowest BCUT2D eigenvalue weighted by Crippen LogP contribution is -2.28. The molecule has 0 atom stereocenters. The van der Waals surface area contributed by atoms with Crippen LogP contribution in [0.3, 0.4) is 0 Å². The zero-order valence-electron chi connectivity index (χ0n) is 20.4. The molecule has 35 heavy (non-hydrogen) atoms. The third-order valence-electron chi connectivity index (χ3n) is 6.74. The molecule has 0 radical (unpaired) electrons. The Morgan fingerprint density at radius 1 is 1.09 bits per heavy atom. The molecule has 5 rings (SSSR count). The van der Waals surface area contributed by atoms with Crippen LogP contribution in [0.1, 0.15) is 50.4 Å². The number of hydrogen-bond donors (Lipinski definition) is 3. The van der Waals surface area contributed by atoms with Gasteiger partial charge >= 0.3 is 0 Å². The molecule has 2 aromatic carbocycles. The molecule has 8 nitrogen and oxygen atoms in total. The summed E-state index contributed by atoms with van der Waals surface area (Å²) in [6.45, 7) is 6.87. The van der Waals surface area contributed by atoms with Crippen LogP contribution in [0.15, 0.2) is 36.4 Å². The zero-order valence-corrected chi connectivity index (χ0v) is 21.3. The van der Waals surface area contributed by atoms with Gasteiger partial charge in [0.05, 0.1) is 11.7 Å². The highest BCUT2D eigenvalue weighted by molar-refractivity contribution is 7.88. The summed E-state index contributed by atoms with van der Waals surface area (Å²) in [6, 6.07) is 11.7. The quantitative estimate of drug-likeness (QED) is 0.458. The number of carbonyl (C=O) groups is 1. The van der Waals surface area contributed by atoms with E-state index >= 15 is 0 Å². The number of aromatic nitrogens is 1. The third-order valence-corrected chi connectivity index (χ3v) is 7.47. The van der Waals surface area contributed by atoms with Crippen LogP contribution in [0.4, 0.5) is 5.69 Å². The normalized spacial score (nSPS) is 16.5. The SMILES string of the molecule is CC(C)(C)c1cc2cc(NC(=O)C3(c4ccc5c(c4)OCO5)CC3)cc(CCNS(C)(=O)=O)c2[nH]1. The number of H-pyrrole nitrogens is 1. The Bertz CT molecular complexity index is 1410. The maximum absolute atomic E-state index is 13.5. The number of carbonyl (C=O) groups excluding carboxylic acids is 1. The van der Waals surface area contributed by atoms with Crippen molar-refractivity contribution in [1.82, 2.24) is 9.71 Å². The summed E-state index contributed by atoms with van der Waals surface area (Å²) in [6.07, 6.45) is 3.18. The van der Waals surface area contributed by atoms with Gasteiger partial charge in [-0.3, -0.25) is 4.79 Å². The smallest absolute Gasteiger partial charge is 0.235 e. The van der Waals surface area contributed by atoms with Crippen LogP contribution >= 0.6 is 0 Å². The maximum Gasteiger partial charge on any atom is 0.235 e. The zero-order chi connectivity index (χ0) is 25.0. The molecular weight excluding hydrogens is 466 g/mol. The molecule has 0 spiro atoms. The van der Waals surface area contributed by atoms with Gasteiger partial charge in [0.25, 0.3) is 0 Å². The van der Waals surface area contributed by atoms with Crippen molar-refractivity contribution in [3.63, 3.8) is 0 Å². The summed E-state index contributed by atoms with van der Waals surface area (Å²) >= 11 is 0. The molecule has 186 valence electrons. The second-order valence-electron chi connectivity index (χ2n) is 10.6. The number of anilines is 1. The van der Waals surface area contributed by atoms with Crippen molar-refractivity contribution in [2.24, 2.45) is 0 Å². The standard InChI is InChI=1S/C26H31N3O5S/c1-25(2,3)22-13-17-12-19(11-16(23(17)29-22)7-10-27-35(4,31)32)28-24(30)26(8-9-26)18-5-6-20-21(14-18)34-15-33-20/h5-6,11-14,27,29H,7-10,15H2,1-4H3,(H,28,30). The van der Waals surface area contributed by atoms with Crippen molar-refractivity contribution in [2.45, 2.75) is 50.9 Å². The third kappa shape index (κ3) is 4.75. The van der Waals surface area contributed by atoms with Gasteiger partial charge in [0.15, 0.2) is 11.5 Å². The lowest BCUT2D eigenvalue weighted by Gasteiger charge is -2.17. The highest BCUT2D eigenvalue weighted by atomic mass is 32.2. The predicted octanol–water partition coefficient (Wildman–Crippen LogP) is 3.96. The van der Waals surface area contributed by atoms with Gasteiger partial charge in [0.1, 0.15) is 0 Å². The second-order valence-corrected chi connectivity index (χ2v) is 12.4. The number of nitrogens with one attached hydrogen (secondary N) is 3. The molecule has 9 heteroatoms. The monoisotopic (exact) mass is 497 g/mol. The van der Waals surface area contributed by atoms with Crippen LogP contribution in [0.25, 0.3) is 10.9 Å². The van der Waals surface area contributed by atoms with Crippen molar-refractivity contribution >= 4 is 32.5 Å². The van der Waals surface area contributed by atoms with Gasteiger partial charge in [-0.2, -0.15) is 0 Å². The number of rotatable bonds is 7. The minimum Gasteiger partial charge on any atom is -0.454 e. The first-order chi connectivity index (χ1) is 16.4. The molecule has 1 aliphatic heterocycles. The van der Waals surface area contributed by atoms with E-state index in [4.69, 9.17) is 9.47 Å². The van der Waals surface area contributed by atoms with Gasteiger partial charge in [-0.15, -0.1) is 0 Å². The Hall–Kier alpha value is -3.04.